The molecule has 0 saturated carbocycles. The summed E-state index contributed by atoms with van der Waals surface area (Å²) in [6.07, 6.45) is 1.02. The molecule has 1 aromatic rings. The van der Waals surface area contributed by atoms with Gasteiger partial charge >= 0.3 is 6.03 Å². The Bertz CT molecular complexity index is 376. The lowest BCUT2D eigenvalue weighted by Crippen LogP contribution is -2.33. The first-order valence-electron chi connectivity index (χ1n) is 5.28. The number of nitrogens with zero attached hydrogens (tertiary/aromatic N) is 1. The van der Waals surface area contributed by atoms with Gasteiger partial charge in [-0.3, -0.25) is 0 Å². The molecule has 0 aromatic heterocycles. The topological polar surface area (TPSA) is 46.3 Å². The van der Waals surface area contributed by atoms with E-state index >= 15 is 0 Å². The molecule has 1 atom stereocenters. The Hall–Kier alpha value is -1.51. The minimum atomic E-state index is -0.300. The van der Waals surface area contributed by atoms with Crippen LogP contribution in [0.15, 0.2) is 24.3 Å². The minimum Gasteiger partial charge on any atom is -0.351 e. The van der Waals surface area contributed by atoms with Crippen LogP contribution < -0.4 is 5.73 Å². The standard InChI is InChI=1S/C12H16N2O/c1-9-4-2-3-5-11(9)10-6-7-14(8-10)12(13)15/h2-5,10H,6-8H2,1H3,(H2,13,15). The highest BCUT2D eigenvalue weighted by molar-refractivity contribution is 5.72. The number of hydrogen-bond acceptors (Lipinski definition) is 1. The van der Waals surface area contributed by atoms with Gasteiger partial charge in [0.15, 0.2) is 0 Å². The third kappa shape index (κ3) is 1.96. The van der Waals surface area contributed by atoms with Crippen molar-refractivity contribution in [2.45, 2.75) is 19.3 Å². The lowest BCUT2D eigenvalue weighted by atomic mass is 9.94. The Morgan fingerprint density at radius 2 is 2.20 bits per heavy atom. The number of aryl methyl sites for hydroxylation is 1. The minimum absolute atomic E-state index is 0.300. The molecule has 1 heterocycles. The van der Waals surface area contributed by atoms with Crippen LogP contribution in [0.2, 0.25) is 0 Å². The van der Waals surface area contributed by atoms with E-state index in [0.29, 0.717) is 5.92 Å². The molecule has 0 spiro atoms. The van der Waals surface area contributed by atoms with Crippen LogP contribution >= 0.6 is 0 Å². The Kier molecular flexibility index (Phi) is 2.62. The predicted octanol–water partition coefficient (Wildman–Crippen LogP) is 1.86. The van der Waals surface area contributed by atoms with Crippen LogP contribution in [0.4, 0.5) is 4.79 Å². The molecule has 3 heteroatoms. The van der Waals surface area contributed by atoms with Gasteiger partial charge in [-0.15, -0.1) is 0 Å². The fraction of sp³-hybridized carbons (Fsp3) is 0.417. The highest BCUT2D eigenvalue weighted by Crippen LogP contribution is 2.28. The second-order valence-electron chi connectivity index (χ2n) is 4.13. The van der Waals surface area contributed by atoms with E-state index in [-0.39, 0.29) is 6.03 Å². The fourth-order valence-electron chi connectivity index (χ4n) is 2.26. The van der Waals surface area contributed by atoms with Crippen LogP contribution in [-0.4, -0.2) is 24.0 Å². The van der Waals surface area contributed by atoms with Crippen LogP contribution in [0.25, 0.3) is 0 Å². The maximum absolute atomic E-state index is 11.0. The maximum atomic E-state index is 11.0. The first kappa shape index (κ1) is 10.0. The highest BCUT2D eigenvalue weighted by Gasteiger charge is 2.26. The molecule has 1 aliphatic heterocycles. The van der Waals surface area contributed by atoms with Gasteiger partial charge in [-0.05, 0) is 24.5 Å². The third-order valence-corrected chi connectivity index (χ3v) is 3.13. The number of likely N-dealkylation sites (tertiary alicyclic amines) is 1. The SMILES string of the molecule is Cc1ccccc1C1CCN(C(N)=O)C1. The summed E-state index contributed by atoms with van der Waals surface area (Å²) in [7, 11) is 0. The van der Waals surface area contributed by atoms with Crippen LogP contribution in [-0.2, 0) is 0 Å². The summed E-state index contributed by atoms with van der Waals surface area (Å²) in [4.78, 5) is 12.7. The number of nitrogens with two attached hydrogens (primary N) is 1. The highest BCUT2D eigenvalue weighted by atomic mass is 16.2. The molecule has 80 valence electrons. The maximum Gasteiger partial charge on any atom is 0.314 e. The molecule has 2 rings (SSSR count). The van der Waals surface area contributed by atoms with Gasteiger partial charge < -0.3 is 10.6 Å². The fourth-order valence-corrected chi connectivity index (χ4v) is 2.26. The summed E-state index contributed by atoms with van der Waals surface area (Å²) in [6, 6.07) is 8.05. The van der Waals surface area contributed by atoms with Gasteiger partial charge in [0, 0.05) is 19.0 Å². The number of amides is 2. The predicted molar refractivity (Wildman–Crippen MR) is 59.7 cm³/mol. The van der Waals surface area contributed by atoms with Gasteiger partial charge in [-0.25, -0.2) is 4.79 Å². The molecule has 15 heavy (non-hydrogen) atoms. The number of carbonyl (C=O) groups is 1. The molecule has 3 nitrogen and oxygen atoms in total. The van der Waals surface area contributed by atoms with Crippen molar-refractivity contribution in [3.8, 4) is 0 Å². The first-order chi connectivity index (χ1) is 7.18. The van der Waals surface area contributed by atoms with Crippen molar-refractivity contribution < 1.29 is 4.79 Å². The summed E-state index contributed by atoms with van der Waals surface area (Å²) >= 11 is 0. The van der Waals surface area contributed by atoms with Gasteiger partial charge in [0.05, 0.1) is 0 Å². The van der Waals surface area contributed by atoms with Gasteiger partial charge in [0.25, 0.3) is 0 Å². The summed E-state index contributed by atoms with van der Waals surface area (Å²) in [5.41, 5.74) is 7.91. The molecule has 0 radical (unpaired) electrons. The molecule has 2 N–H and O–H groups in total. The van der Waals surface area contributed by atoms with Crippen molar-refractivity contribution in [1.82, 2.24) is 4.90 Å². The molecule has 1 fully saturated rings. The first-order valence-corrected chi connectivity index (χ1v) is 5.28. The molecule has 0 bridgehead atoms. The van der Waals surface area contributed by atoms with E-state index in [1.54, 1.807) is 4.90 Å². The molecule has 2 amide bonds. The summed E-state index contributed by atoms with van der Waals surface area (Å²) in [5, 5.41) is 0. The lowest BCUT2D eigenvalue weighted by Gasteiger charge is -2.15. The van der Waals surface area contributed by atoms with Crippen molar-refractivity contribution >= 4 is 6.03 Å². The van der Waals surface area contributed by atoms with Crippen molar-refractivity contribution in [3.05, 3.63) is 35.4 Å². The van der Waals surface area contributed by atoms with E-state index < -0.39 is 0 Å². The van der Waals surface area contributed by atoms with E-state index in [4.69, 9.17) is 5.73 Å². The van der Waals surface area contributed by atoms with E-state index in [1.165, 1.54) is 11.1 Å². The number of benzene rings is 1. The van der Waals surface area contributed by atoms with Gasteiger partial charge in [0.2, 0.25) is 0 Å². The Labute approximate surface area is 89.9 Å². The monoisotopic (exact) mass is 204 g/mol. The smallest absolute Gasteiger partial charge is 0.314 e. The summed E-state index contributed by atoms with van der Waals surface area (Å²) < 4.78 is 0. The summed E-state index contributed by atoms with van der Waals surface area (Å²) in [5.74, 6) is 0.457. The summed E-state index contributed by atoms with van der Waals surface area (Å²) in [6.45, 7) is 3.66. The van der Waals surface area contributed by atoms with Crippen molar-refractivity contribution in [2.24, 2.45) is 5.73 Å². The van der Waals surface area contributed by atoms with E-state index in [9.17, 15) is 4.79 Å². The number of rotatable bonds is 1. The Morgan fingerprint density at radius 1 is 1.47 bits per heavy atom. The molecule has 1 saturated heterocycles. The second kappa shape index (κ2) is 3.93. The normalized spacial score (nSPS) is 20.6. The van der Waals surface area contributed by atoms with Crippen LogP contribution in [0.3, 0.4) is 0 Å². The Morgan fingerprint density at radius 3 is 2.80 bits per heavy atom. The van der Waals surface area contributed by atoms with Crippen molar-refractivity contribution in [1.29, 1.82) is 0 Å². The van der Waals surface area contributed by atoms with Crippen molar-refractivity contribution in [3.63, 3.8) is 0 Å². The largest absolute Gasteiger partial charge is 0.351 e. The number of carbonyl (C=O) groups excluding carboxylic acids is 1. The average Bonchev–Trinajstić information content (AvgIpc) is 2.67. The van der Waals surface area contributed by atoms with E-state index in [1.807, 2.05) is 6.07 Å². The lowest BCUT2D eigenvalue weighted by molar-refractivity contribution is 0.218. The molecule has 1 aliphatic rings. The van der Waals surface area contributed by atoms with Crippen LogP contribution in [0.5, 0.6) is 0 Å². The van der Waals surface area contributed by atoms with Crippen LogP contribution in [0, 0.1) is 6.92 Å². The zero-order valence-corrected chi connectivity index (χ0v) is 8.94. The average molecular weight is 204 g/mol. The molecular weight excluding hydrogens is 188 g/mol. The molecular formula is C12H16N2O. The zero-order chi connectivity index (χ0) is 10.8. The van der Waals surface area contributed by atoms with Crippen molar-refractivity contribution in [2.75, 3.05) is 13.1 Å². The molecule has 1 unspecified atom stereocenters. The Balaban J connectivity index is 2.14. The molecule has 1 aromatic carbocycles. The quantitative estimate of drug-likeness (QED) is 0.745. The van der Waals surface area contributed by atoms with Crippen LogP contribution in [0.1, 0.15) is 23.5 Å². The number of urea groups is 1. The van der Waals surface area contributed by atoms with Gasteiger partial charge in [-0.2, -0.15) is 0 Å². The zero-order valence-electron chi connectivity index (χ0n) is 8.94. The number of hydrogen-bond donors (Lipinski definition) is 1. The van der Waals surface area contributed by atoms with E-state index in [0.717, 1.165) is 19.5 Å². The van der Waals surface area contributed by atoms with Gasteiger partial charge in [-0.1, -0.05) is 24.3 Å². The van der Waals surface area contributed by atoms with Gasteiger partial charge in [0.1, 0.15) is 0 Å². The van der Waals surface area contributed by atoms with E-state index in [2.05, 4.69) is 25.1 Å². The molecule has 0 aliphatic carbocycles. The third-order valence-electron chi connectivity index (χ3n) is 3.13. The number of primary amides is 1. The second-order valence-corrected chi connectivity index (χ2v) is 4.13.